The van der Waals surface area contributed by atoms with Gasteiger partial charge in [-0.3, -0.25) is 4.90 Å². The van der Waals surface area contributed by atoms with Crippen LogP contribution in [-0.2, 0) is 13.1 Å². The predicted molar refractivity (Wildman–Crippen MR) is 85.4 cm³/mol. The Balaban J connectivity index is 2.04. The number of halogens is 2. The number of rotatable bonds is 5. The number of nitrogens with one attached hydrogen (secondary N) is 1. The normalized spacial score (nSPS) is 10.8. The molecule has 0 aliphatic rings. The maximum absolute atomic E-state index is 6.19. The number of hydrogen-bond donors (Lipinski definition) is 1. The first-order valence-electron chi connectivity index (χ1n) is 6.34. The molecule has 5 heteroatoms. The van der Waals surface area contributed by atoms with Crippen molar-refractivity contribution in [1.82, 2.24) is 9.88 Å². The fourth-order valence-electron chi connectivity index (χ4n) is 1.95. The summed E-state index contributed by atoms with van der Waals surface area (Å²) >= 11 is 12.1. The molecule has 0 amide bonds. The molecule has 1 heterocycles. The maximum Gasteiger partial charge on any atom is 0.126 e. The largest absolute Gasteiger partial charge is 0.373 e. The molecule has 1 N–H and O–H groups in total. The molecule has 2 aromatic rings. The molecule has 106 valence electrons. The van der Waals surface area contributed by atoms with Crippen LogP contribution in [0.2, 0.25) is 10.0 Å². The zero-order valence-electron chi connectivity index (χ0n) is 11.5. The molecule has 0 atom stereocenters. The van der Waals surface area contributed by atoms with E-state index in [2.05, 4.69) is 15.2 Å². The third-order valence-electron chi connectivity index (χ3n) is 2.96. The van der Waals surface area contributed by atoms with E-state index in [-0.39, 0.29) is 0 Å². The highest BCUT2D eigenvalue weighted by molar-refractivity contribution is 6.31. The SMILES string of the molecule is CNc1ccc(Cl)c(CN(C)Cc2ccc(Cl)cc2)n1. The summed E-state index contributed by atoms with van der Waals surface area (Å²) in [6.45, 7) is 1.51. The van der Waals surface area contributed by atoms with Crippen LogP contribution in [0.1, 0.15) is 11.3 Å². The van der Waals surface area contributed by atoms with Crippen molar-refractivity contribution in [3.05, 3.63) is 57.7 Å². The number of aromatic nitrogens is 1. The van der Waals surface area contributed by atoms with Crippen LogP contribution in [0.25, 0.3) is 0 Å². The molecule has 0 radical (unpaired) electrons. The van der Waals surface area contributed by atoms with E-state index in [1.165, 1.54) is 5.56 Å². The van der Waals surface area contributed by atoms with Crippen molar-refractivity contribution in [2.45, 2.75) is 13.1 Å². The van der Waals surface area contributed by atoms with Crippen molar-refractivity contribution in [2.24, 2.45) is 0 Å². The van der Waals surface area contributed by atoms with E-state index in [0.717, 1.165) is 23.1 Å². The Kier molecular flexibility index (Phi) is 5.24. The number of anilines is 1. The second-order valence-electron chi connectivity index (χ2n) is 4.67. The van der Waals surface area contributed by atoms with Gasteiger partial charge in [0.15, 0.2) is 0 Å². The van der Waals surface area contributed by atoms with Crippen LogP contribution in [0.5, 0.6) is 0 Å². The van der Waals surface area contributed by atoms with Crippen molar-refractivity contribution in [1.29, 1.82) is 0 Å². The second kappa shape index (κ2) is 6.93. The Morgan fingerprint density at radius 3 is 2.40 bits per heavy atom. The molecule has 0 saturated carbocycles. The van der Waals surface area contributed by atoms with Gasteiger partial charge in [0.1, 0.15) is 5.82 Å². The van der Waals surface area contributed by atoms with Gasteiger partial charge in [0.2, 0.25) is 0 Å². The Morgan fingerprint density at radius 1 is 1.05 bits per heavy atom. The van der Waals surface area contributed by atoms with Crippen molar-refractivity contribution in [3.63, 3.8) is 0 Å². The number of benzene rings is 1. The molecule has 0 fully saturated rings. The highest BCUT2D eigenvalue weighted by atomic mass is 35.5. The van der Waals surface area contributed by atoms with E-state index in [1.807, 2.05) is 50.5 Å². The van der Waals surface area contributed by atoms with E-state index in [0.29, 0.717) is 11.6 Å². The minimum Gasteiger partial charge on any atom is -0.373 e. The van der Waals surface area contributed by atoms with Gasteiger partial charge in [-0.1, -0.05) is 35.3 Å². The highest BCUT2D eigenvalue weighted by Crippen LogP contribution is 2.19. The number of hydrogen-bond acceptors (Lipinski definition) is 3. The predicted octanol–water partition coefficient (Wildman–Crippen LogP) is 4.06. The molecule has 0 unspecified atom stereocenters. The molecule has 0 bridgehead atoms. The number of pyridine rings is 1. The molecule has 0 spiro atoms. The summed E-state index contributed by atoms with van der Waals surface area (Å²) in [6.07, 6.45) is 0. The maximum atomic E-state index is 6.19. The van der Waals surface area contributed by atoms with Gasteiger partial charge in [0, 0.05) is 25.2 Å². The molecule has 1 aromatic carbocycles. The average molecular weight is 310 g/mol. The first-order chi connectivity index (χ1) is 9.58. The van der Waals surface area contributed by atoms with E-state index in [9.17, 15) is 0 Å². The van der Waals surface area contributed by atoms with Gasteiger partial charge < -0.3 is 5.32 Å². The summed E-state index contributed by atoms with van der Waals surface area (Å²) < 4.78 is 0. The van der Waals surface area contributed by atoms with Gasteiger partial charge in [0.05, 0.1) is 10.7 Å². The van der Waals surface area contributed by atoms with Crippen LogP contribution in [0.15, 0.2) is 36.4 Å². The molecule has 0 aliphatic carbocycles. The zero-order valence-corrected chi connectivity index (χ0v) is 13.0. The molecular weight excluding hydrogens is 293 g/mol. The highest BCUT2D eigenvalue weighted by Gasteiger charge is 2.08. The van der Waals surface area contributed by atoms with Crippen LogP contribution in [0.3, 0.4) is 0 Å². The Morgan fingerprint density at radius 2 is 1.75 bits per heavy atom. The Labute approximate surface area is 129 Å². The minimum absolute atomic E-state index is 0.687. The molecule has 1 aromatic heterocycles. The van der Waals surface area contributed by atoms with E-state index in [1.54, 1.807) is 0 Å². The summed E-state index contributed by atoms with van der Waals surface area (Å²) in [5.41, 5.74) is 2.08. The lowest BCUT2D eigenvalue weighted by atomic mass is 10.2. The first kappa shape index (κ1) is 15.1. The summed E-state index contributed by atoms with van der Waals surface area (Å²) in [4.78, 5) is 6.64. The lowest BCUT2D eigenvalue weighted by Crippen LogP contribution is -2.18. The van der Waals surface area contributed by atoms with E-state index < -0.39 is 0 Å². The molecule has 0 saturated heterocycles. The van der Waals surface area contributed by atoms with Gasteiger partial charge in [-0.05, 0) is 36.9 Å². The third kappa shape index (κ3) is 4.10. The molecule has 20 heavy (non-hydrogen) atoms. The standard InChI is InChI=1S/C15H17Cl2N3/c1-18-15-8-7-13(17)14(19-15)10-20(2)9-11-3-5-12(16)6-4-11/h3-8H,9-10H2,1-2H3,(H,18,19). The quantitative estimate of drug-likeness (QED) is 0.902. The van der Waals surface area contributed by atoms with E-state index >= 15 is 0 Å². The van der Waals surface area contributed by atoms with Gasteiger partial charge in [-0.2, -0.15) is 0 Å². The van der Waals surface area contributed by atoms with Crippen molar-refractivity contribution < 1.29 is 0 Å². The van der Waals surface area contributed by atoms with Gasteiger partial charge in [-0.15, -0.1) is 0 Å². The monoisotopic (exact) mass is 309 g/mol. The lowest BCUT2D eigenvalue weighted by molar-refractivity contribution is 0.315. The summed E-state index contributed by atoms with van der Waals surface area (Å²) in [5, 5.41) is 4.46. The lowest BCUT2D eigenvalue weighted by Gasteiger charge is -2.17. The fourth-order valence-corrected chi connectivity index (χ4v) is 2.24. The van der Waals surface area contributed by atoms with Crippen LogP contribution < -0.4 is 5.32 Å². The Hall–Kier alpha value is -1.29. The topological polar surface area (TPSA) is 28.2 Å². The van der Waals surface area contributed by atoms with Gasteiger partial charge in [0.25, 0.3) is 0 Å². The van der Waals surface area contributed by atoms with Gasteiger partial charge in [-0.25, -0.2) is 4.98 Å². The van der Waals surface area contributed by atoms with E-state index in [4.69, 9.17) is 23.2 Å². The summed E-state index contributed by atoms with van der Waals surface area (Å²) in [5.74, 6) is 0.823. The number of nitrogens with zero attached hydrogens (tertiary/aromatic N) is 2. The van der Waals surface area contributed by atoms with Gasteiger partial charge >= 0.3 is 0 Å². The smallest absolute Gasteiger partial charge is 0.126 e. The minimum atomic E-state index is 0.687. The summed E-state index contributed by atoms with van der Waals surface area (Å²) in [7, 11) is 3.89. The van der Waals surface area contributed by atoms with Crippen molar-refractivity contribution in [3.8, 4) is 0 Å². The zero-order chi connectivity index (χ0) is 14.5. The van der Waals surface area contributed by atoms with Crippen LogP contribution in [0.4, 0.5) is 5.82 Å². The molecule has 2 rings (SSSR count). The molecule has 0 aliphatic heterocycles. The molecular formula is C15H17Cl2N3. The summed E-state index contributed by atoms with van der Waals surface area (Å²) in [6, 6.07) is 11.6. The second-order valence-corrected chi connectivity index (χ2v) is 5.52. The fraction of sp³-hybridized carbons (Fsp3) is 0.267. The first-order valence-corrected chi connectivity index (χ1v) is 7.10. The average Bonchev–Trinajstić information content (AvgIpc) is 2.44. The Bertz CT molecular complexity index is 570. The van der Waals surface area contributed by atoms with Crippen molar-refractivity contribution in [2.75, 3.05) is 19.4 Å². The third-order valence-corrected chi connectivity index (χ3v) is 3.56. The van der Waals surface area contributed by atoms with Crippen LogP contribution >= 0.6 is 23.2 Å². The van der Waals surface area contributed by atoms with Crippen LogP contribution in [0, 0.1) is 0 Å². The van der Waals surface area contributed by atoms with Crippen LogP contribution in [-0.4, -0.2) is 24.0 Å². The molecule has 3 nitrogen and oxygen atoms in total. The van der Waals surface area contributed by atoms with Crippen molar-refractivity contribution >= 4 is 29.0 Å².